The van der Waals surface area contributed by atoms with Gasteiger partial charge in [-0.1, -0.05) is 11.6 Å². The lowest BCUT2D eigenvalue weighted by Crippen LogP contribution is -2.38. The number of rotatable bonds is 9. The molecule has 11 nitrogen and oxygen atoms in total. The van der Waals surface area contributed by atoms with Gasteiger partial charge in [0, 0.05) is 37.6 Å². The van der Waals surface area contributed by atoms with Crippen LogP contribution < -0.4 is 4.73 Å². The molecule has 0 radical (unpaired) electrons. The third kappa shape index (κ3) is 5.14. The molecule has 0 fully saturated rings. The Morgan fingerprint density at radius 1 is 1.12 bits per heavy atom. The first kappa shape index (κ1) is 27.3. The van der Waals surface area contributed by atoms with E-state index in [9.17, 15) is 14.0 Å². The molecule has 0 N–H and O–H groups in total. The second-order valence-electron chi connectivity index (χ2n) is 9.51. The molecular formula is C25H23ClF3N9O2. The van der Waals surface area contributed by atoms with Gasteiger partial charge < -0.3 is 9.94 Å². The predicted molar refractivity (Wildman–Crippen MR) is 137 cm³/mol. The third-order valence-corrected chi connectivity index (χ3v) is 6.84. The van der Waals surface area contributed by atoms with Crippen LogP contribution in [0.4, 0.5) is 13.2 Å². The fourth-order valence-electron chi connectivity index (χ4n) is 4.40. The highest BCUT2D eigenvalue weighted by molar-refractivity contribution is 6.31. The van der Waals surface area contributed by atoms with Gasteiger partial charge in [0.25, 0.3) is 0 Å². The van der Waals surface area contributed by atoms with Crippen LogP contribution in [0, 0.1) is 11.0 Å². The van der Waals surface area contributed by atoms with E-state index in [1.165, 1.54) is 46.4 Å². The van der Waals surface area contributed by atoms with Gasteiger partial charge in [0.15, 0.2) is 12.0 Å². The first-order valence-electron chi connectivity index (χ1n) is 12.0. The van der Waals surface area contributed by atoms with E-state index < -0.39 is 24.0 Å². The number of benzene rings is 1. The van der Waals surface area contributed by atoms with Crippen LogP contribution in [-0.4, -0.2) is 52.5 Å². The number of tetrazole rings is 1. The van der Waals surface area contributed by atoms with Crippen LogP contribution >= 0.6 is 11.6 Å². The zero-order chi connectivity index (χ0) is 28.6. The SMILES string of the molecule is COC(C)(C)C[C@H](c1ccc(-c2c(-n3cnnn3)ccc(Cl)c2F)c[n+]1[O-])n1cc(-c2ccnn2C(F)F)cn1. The van der Waals surface area contributed by atoms with Crippen molar-refractivity contribution in [2.75, 3.05) is 7.11 Å². The number of hydrogen-bond acceptors (Lipinski definition) is 7. The summed E-state index contributed by atoms with van der Waals surface area (Å²) in [5.74, 6) is -0.744. The zero-order valence-corrected chi connectivity index (χ0v) is 22.2. The van der Waals surface area contributed by atoms with Crippen molar-refractivity contribution in [1.29, 1.82) is 0 Å². The van der Waals surface area contributed by atoms with Gasteiger partial charge in [-0.05, 0) is 48.5 Å². The average Bonchev–Trinajstić information content (AvgIpc) is 3.70. The number of aromatic nitrogens is 9. The normalized spacial score (nSPS) is 12.8. The van der Waals surface area contributed by atoms with Crippen LogP contribution in [0.15, 0.2) is 61.4 Å². The Labute approximate surface area is 231 Å². The fraction of sp³-hybridized carbons (Fsp3) is 0.280. The Hall–Kier alpha value is -4.30. The first-order valence-corrected chi connectivity index (χ1v) is 12.3. The van der Waals surface area contributed by atoms with Gasteiger partial charge in [0.1, 0.15) is 12.4 Å². The summed E-state index contributed by atoms with van der Waals surface area (Å²) in [6.07, 6.45) is 7.07. The molecule has 5 aromatic rings. The van der Waals surface area contributed by atoms with E-state index in [-0.39, 0.29) is 33.2 Å². The second-order valence-corrected chi connectivity index (χ2v) is 9.92. The minimum Gasteiger partial charge on any atom is -0.618 e. The highest BCUT2D eigenvalue weighted by Crippen LogP contribution is 2.35. The summed E-state index contributed by atoms with van der Waals surface area (Å²) in [5, 5.41) is 32.4. The molecule has 0 bridgehead atoms. The van der Waals surface area contributed by atoms with Gasteiger partial charge in [0.05, 0.1) is 39.3 Å². The van der Waals surface area contributed by atoms with Crippen LogP contribution in [0.3, 0.4) is 0 Å². The van der Waals surface area contributed by atoms with Crippen molar-refractivity contribution in [3.05, 3.63) is 83.2 Å². The van der Waals surface area contributed by atoms with Crippen molar-refractivity contribution in [2.45, 2.75) is 38.5 Å². The predicted octanol–water partition coefficient (Wildman–Crippen LogP) is 4.61. The van der Waals surface area contributed by atoms with E-state index in [1.54, 1.807) is 31.5 Å². The van der Waals surface area contributed by atoms with Gasteiger partial charge in [-0.2, -0.15) is 28.4 Å². The molecule has 5 rings (SSSR count). The molecule has 1 aromatic carbocycles. The minimum atomic E-state index is -2.84. The highest BCUT2D eigenvalue weighted by atomic mass is 35.5. The highest BCUT2D eigenvalue weighted by Gasteiger charge is 2.32. The summed E-state index contributed by atoms with van der Waals surface area (Å²) in [7, 11) is 1.55. The molecule has 0 aliphatic carbocycles. The van der Waals surface area contributed by atoms with Gasteiger partial charge in [-0.15, -0.1) is 5.10 Å². The Bertz CT molecular complexity index is 1640. The number of methoxy groups -OCH3 is 1. The third-order valence-electron chi connectivity index (χ3n) is 6.55. The fourth-order valence-corrected chi connectivity index (χ4v) is 4.56. The first-order chi connectivity index (χ1) is 19.1. The molecule has 0 aliphatic rings. The Kier molecular flexibility index (Phi) is 7.29. The van der Waals surface area contributed by atoms with Crippen molar-refractivity contribution in [2.24, 2.45) is 0 Å². The van der Waals surface area contributed by atoms with E-state index in [2.05, 4.69) is 25.7 Å². The second kappa shape index (κ2) is 10.7. The van der Waals surface area contributed by atoms with Crippen LogP contribution in [0.1, 0.15) is 38.6 Å². The molecule has 0 unspecified atom stereocenters. The number of pyridine rings is 1. The molecule has 0 aliphatic heterocycles. The van der Waals surface area contributed by atoms with Crippen molar-refractivity contribution < 1.29 is 22.6 Å². The topological polar surface area (TPSA) is 115 Å². The van der Waals surface area contributed by atoms with Gasteiger partial charge in [-0.3, -0.25) is 4.68 Å². The van der Waals surface area contributed by atoms with Crippen molar-refractivity contribution >= 4 is 11.6 Å². The van der Waals surface area contributed by atoms with Crippen molar-refractivity contribution in [3.8, 4) is 28.1 Å². The number of nitrogens with zero attached hydrogens (tertiary/aromatic N) is 9. The summed E-state index contributed by atoms with van der Waals surface area (Å²) in [6, 6.07) is 6.81. The quantitative estimate of drug-likeness (QED) is 0.187. The summed E-state index contributed by atoms with van der Waals surface area (Å²) in [6.45, 7) is 0.858. The molecule has 4 aromatic heterocycles. The lowest BCUT2D eigenvalue weighted by Gasteiger charge is -2.28. The number of halogens is 4. The monoisotopic (exact) mass is 573 g/mol. The van der Waals surface area contributed by atoms with E-state index in [0.717, 1.165) is 0 Å². The molecule has 15 heteroatoms. The average molecular weight is 574 g/mol. The maximum atomic E-state index is 15.3. The number of alkyl halides is 2. The molecular weight excluding hydrogens is 551 g/mol. The number of ether oxygens (including phenoxy) is 1. The molecule has 40 heavy (non-hydrogen) atoms. The Morgan fingerprint density at radius 3 is 2.60 bits per heavy atom. The van der Waals surface area contributed by atoms with Crippen LogP contribution in [0.25, 0.3) is 28.1 Å². The van der Waals surface area contributed by atoms with Gasteiger partial charge in [-0.25, -0.2) is 9.07 Å². The molecule has 0 saturated heterocycles. The minimum absolute atomic E-state index is 0.0337. The smallest absolute Gasteiger partial charge is 0.333 e. The summed E-state index contributed by atoms with van der Waals surface area (Å²) in [4.78, 5) is 0. The summed E-state index contributed by atoms with van der Waals surface area (Å²) >= 11 is 6.06. The maximum Gasteiger partial charge on any atom is 0.333 e. The van der Waals surface area contributed by atoms with Crippen molar-refractivity contribution in [1.82, 2.24) is 39.8 Å². The van der Waals surface area contributed by atoms with E-state index in [1.807, 2.05) is 13.8 Å². The standard InChI is InChI=1S/C25H23ClF3N9O2/c1-25(2,40-3)10-21(35-12-16(11-32-35)18-8-9-31-38(18)24(28)29)19-6-4-15(13-37(19)39)22-20(36-14-30-33-34-36)7-5-17(26)23(22)27/h4-9,11-14,21,24H,10H2,1-3H3/t21-/m1/s1. The van der Waals surface area contributed by atoms with Crippen LogP contribution in [-0.2, 0) is 4.74 Å². The molecule has 0 spiro atoms. The van der Waals surface area contributed by atoms with E-state index in [0.29, 0.717) is 21.4 Å². The van der Waals surface area contributed by atoms with Gasteiger partial charge >= 0.3 is 6.55 Å². The lowest BCUT2D eigenvalue weighted by molar-refractivity contribution is -0.615. The molecule has 4 heterocycles. The van der Waals surface area contributed by atoms with Gasteiger partial charge in [0.2, 0.25) is 5.69 Å². The summed E-state index contributed by atoms with van der Waals surface area (Å²) < 4.78 is 51.7. The number of hydrogen-bond donors (Lipinski definition) is 0. The van der Waals surface area contributed by atoms with Crippen LogP contribution in [0.2, 0.25) is 5.02 Å². The van der Waals surface area contributed by atoms with Crippen LogP contribution in [0.5, 0.6) is 0 Å². The van der Waals surface area contributed by atoms with Crippen molar-refractivity contribution in [3.63, 3.8) is 0 Å². The zero-order valence-electron chi connectivity index (χ0n) is 21.5. The molecule has 208 valence electrons. The van der Waals surface area contributed by atoms with E-state index >= 15 is 4.39 Å². The Morgan fingerprint density at radius 2 is 1.93 bits per heavy atom. The molecule has 0 saturated carbocycles. The molecule has 0 amide bonds. The Balaban J connectivity index is 1.59. The lowest BCUT2D eigenvalue weighted by atomic mass is 9.95. The summed E-state index contributed by atoms with van der Waals surface area (Å²) in [5.41, 5.74) is 0.672. The molecule has 1 atom stereocenters. The maximum absolute atomic E-state index is 15.3. The largest absolute Gasteiger partial charge is 0.618 e. The van der Waals surface area contributed by atoms with E-state index in [4.69, 9.17) is 16.3 Å².